The van der Waals surface area contributed by atoms with E-state index in [1.165, 1.54) is 0 Å². The lowest BCUT2D eigenvalue weighted by Gasteiger charge is -2.12. The molecule has 0 aliphatic rings. The van der Waals surface area contributed by atoms with Crippen molar-refractivity contribution >= 4 is 21.8 Å². The van der Waals surface area contributed by atoms with Gasteiger partial charge in [-0.15, -0.1) is 0 Å². The molecule has 0 aromatic heterocycles. The van der Waals surface area contributed by atoms with Gasteiger partial charge in [-0.3, -0.25) is 4.79 Å². The zero-order valence-electron chi connectivity index (χ0n) is 12.6. The quantitative estimate of drug-likeness (QED) is 0.806. The van der Waals surface area contributed by atoms with Crippen molar-refractivity contribution in [2.75, 3.05) is 6.54 Å². The molecule has 116 valence electrons. The Labute approximate surface area is 139 Å². The highest BCUT2D eigenvalue weighted by Gasteiger charge is 2.10. The smallest absolute Gasteiger partial charge is 0.224 e. The first-order valence-electron chi connectivity index (χ1n) is 7.41. The molecule has 2 aromatic rings. The van der Waals surface area contributed by atoms with E-state index < -0.39 is 0 Å². The molecule has 2 aromatic carbocycles. The van der Waals surface area contributed by atoms with E-state index in [2.05, 4.69) is 21.2 Å². The number of nitrogens with one attached hydrogen (secondary N) is 1. The Morgan fingerprint density at radius 1 is 1.18 bits per heavy atom. The number of amides is 1. The molecule has 0 aliphatic carbocycles. The second-order valence-corrected chi connectivity index (χ2v) is 5.97. The second-order valence-electron chi connectivity index (χ2n) is 5.05. The van der Waals surface area contributed by atoms with Gasteiger partial charge in [0.15, 0.2) is 0 Å². The third kappa shape index (κ3) is 5.19. The van der Waals surface area contributed by atoms with Gasteiger partial charge in [0.05, 0.1) is 6.42 Å². The van der Waals surface area contributed by atoms with Gasteiger partial charge in [0.1, 0.15) is 12.4 Å². The number of halogens is 1. The molecule has 0 heterocycles. The molecule has 0 radical (unpaired) electrons. The molecule has 1 N–H and O–H groups in total. The number of carbonyl (C=O) groups excluding carboxylic acids is 1. The molecule has 0 atom stereocenters. The van der Waals surface area contributed by atoms with Crippen molar-refractivity contribution in [1.29, 1.82) is 0 Å². The van der Waals surface area contributed by atoms with E-state index >= 15 is 0 Å². The topological polar surface area (TPSA) is 38.3 Å². The lowest BCUT2D eigenvalue weighted by atomic mass is 10.1. The maximum Gasteiger partial charge on any atom is 0.224 e. The number of benzene rings is 2. The van der Waals surface area contributed by atoms with Gasteiger partial charge in [-0.1, -0.05) is 53.2 Å². The first-order valence-corrected chi connectivity index (χ1v) is 8.20. The van der Waals surface area contributed by atoms with Gasteiger partial charge in [0.2, 0.25) is 5.91 Å². The predicted molar refractivity (Wildman–Crippen MR) is 91.9 cm³/mol. The second kappa shape index (κ2) is 8.59. The van der Waals surface area contributed by atoms with Crippen LogP contribution in [0, 0.1) is 0 Å². The van der Waals surface area contributed by atoms with Gasteiger partial charge >= 0.3 is 0 Å². The van der Waals surface area contributed by atoms with E-state index in [0.29, 0.717) is 19.6 Å². The monoisotopic (exact) mass is 361 g/mol. The summed E-state index contributed by atoms with van der Waals surface area (Å²) in [5, 5.41) is 2.89. The van der Waals surface area contributed by atoms with E-state index in [1.54, 1.807) is 0 Å². The van der Waals surface area contributed by atoms with Gasteiger partial charge in [0, 0.05) is 16.6 Å². The van der Waals surface area contributed by atoms with Crippen LogP contribution in [0.15, 0.2) is 53.0 Å². The first kappa shape index (κ1) is 16.6. The Hall–Kier alpha value is -1.81. The summed E-state index contributed by atoms with van der Waals surface area (Å²) in [6.45, 7) is 3.23. The summed E-state index contributed by atoms with van der Waals surface area (Å²) >= 11 is 3.45. The van der Waals surface area contributed by atoms with Crippen molar-refractivity contribution < 1.29 is 9.53 Å². The summed E-state index contributed by atoms with van der Waals surface area (Å²) in [4.78, 5) is 11.9. The van der Waals surface area contributed by atoms with Crippen LogP contribution in [0.2, 0.25) is 0 Å². The van der Waals surface area contributed by atoms with Crippen molar-refractivity contribution in [2.24, 2.45) is 0 Å². The summed E-state index contributed by atoms with van der Waals surface area (Å²) in [6, 6.07) is 15.7. The minimum Gasteiger partial charge on any atom is -0.489 e. The minimum absolute atomic E-state index is 0.0181. The van der Waals surface area contributed by atoms with E-state index in [4.69, 9.17) is 4.74 Å². The molecule has 0 fully saturated rings. The Morgan fingerprint density at radius 2 is 1.95 bits per heavy atom. The summed E-state index contributed by atoms with van der Waals surface area (Å²) in [7, 11) is 0. The fraction of sp³-hybridized carbons (Fsp3) is 0.278. The molecule has 4 heteroatoms. The van der Waals surface area contributed by atoms with Crippen LogP contribution in [0.1, 0.15) is 24.5 Å². The van der Waals surface area contributed by atoms with E-state index in [0.717, 1.165) is 27.8 Å². The van der Waals surface area contributed by atoms with Crippen LogP contribution in [0.4, 0.5) is 0 Å². The van der Waals surface area contributed by atoms with Gasteiger partial charge in [-0.25, -0.2) is 0 Å². The first-order chi connectivity index (χ1) is 10.7. The van der Waals surface area contributed by atoms with E-state index in [1.807, 2.05) is 55.5 Å². The van der Waals surface area contributed by atoms with Crippen LogP contribution in [-0.2, 0) is 17.8 Å². The Bertz CT molecular complexity index is 614. The van der Waals surface area contributed by atoms with Crippen LogP contribution in [0.3, 0.4) is 0 Å². The average molecular weight is 362 g/mol. The number of hydrogen-bond acceptors (Lipinski definition) is 2. The molecular weight excluding hydrogens is 342 g/mol. The standard InChI is InChI=1S/C18H20BrNO2/c1-2-10-20-18(21)12-15-11-16(19)8-9-17(15)22-13-14-6-4-3-5-7-14/h3-9,11H,2,10,12-13H2,1H3,(H,20,21). The molecule has 22 heavy (non-hydrogen) atoms. The van der Waals surface area contributed by atoms with E-state index in [9.17, 15) is 4.79 Å². The molecule has 3 nitrogen and oxygen atoms in total. The van der Waals surface area contributed by atoms with Crippen molar-refractivity contribution in [1.82, 2.24) is 5.32 Å². The highest BCUT2D eigenvalue weighted by atomic mass is 79.9. The molecule has 0 spiro atoms. The van der Waals surface area contributed by atoms with Crippen molar-refractivity contribution in [3.05, 3.63) is 64.1 Å². The molecule has 0 saturated heterocycles. The Kier molecular flexibility index (Phi) is 6.46. The zero-order chi connectivity index (χ0) is 15.8. The summed E-state index contributed by atoms with van der Waals surface area (Å²) in [5.41, 5.74) is 1.99. The molecule has 0 saturated carbocycles. The van der Waals surface area contributed by atoms with Gasteiger partial charge in [0.25, 0.3) is 0 Å². The average Bonchev–Trinajstić information content (AvgIpc) is 2.53. The number of ether oxygens (including phenoxy) is 1. The van der Waals surface area contributed by atoms with Gasteiger partial charge in [-0.05, 0) is 30.2 Å². The van der Waals surface area contributed by atoms with Crippen LogP contribution < -0.4 is 10.1 Å². The molecule has 0 unspecified atom stereocenters. The minimum atomic E-state index is 0.0181. The Morgan fingerprint density at radius 3 is 2.68 bits per heavy atom. The third-order valence-corrected chi connectivity index (χ3v) is 3.68. The van der Waals surface area contributed by atoms with Crippen LogP contribution >= 0.6 is 15.9 Å². The molecule has 1 amide bonds. The van der Waals surface area contributed by atoms with Crippen molar-refractivity contribution in [3.8, 4) is 5.75 Å². The van der Waals surface area contributed by atoms with Crippen LogP contribution in [0.5, 0.6) is 5.75 Å². The lowest BCUT2D eigenvalue weighted by Crippen LogP contribution is -2.25. The molecule has 0 aliphatic heterocycles. The van der Waals surface area contributed by atoms with E-state index in [-0.39, 0.29) is 5.91 Å². The SMILES string of the molecule is CCCNC(=O)Cc1cc(Br)ccc1OCc1ccccc1. The van der Waals surface area contributed by atoms with Crippen molar-refractivity contribution in [2.45, 2.75) is 26.4 Å². The fourth-order valence-electron chi connectivity index (χ4n) is 2.06. The number of carbonyl (C=O) groups is 1. The maximum absolute atomic E-state index is 11.9. The van der Waals surface area contributed by atoms with Crippen molar-refractivity contribution in [3.63, 3.8) is 0 Å². The maximum atomic E-state index is 11.9. The van der Waals surface area contributed by atoms with Crippen LogP contribution in [-0.4, -0.2) is 12.5 Å². The lowest BCUT2D eigenvalue weighted by molar-refractivity contribution is -0.120. The Balaban J connectivity index is 2.05. The highest BCUT2D eigenvalue weighted by Crippen LogP contribution is 2.24. The number of rotatable bonds is 7. The van der Waals surface area contributed by atoms with Crippen LogP contribution in [0.25, 0.3) is 0 Å². The summed E-state index contributed by atoms with van der Waals surface area (Å²) < 4.78 is 6.83. The summed E-state index contributed by atoms with van der Waals surface area (Å²) in [6.07, 6.45) is 1.26. The number of hydrogen-bond donors (Lipinski definition) is 1. The van der Waals surface area contributed by atoms with Gasteiger partial charge < -0.3 is 10.1 Å². The molecule has 0 bridgehead atoms. The molecular formula is C18H20BrNO2. The third-order valence-electron chi connectivity index (χ3n) is 3.18. The molecule has 2 rings (SSSR count). The normalized spacial score (nSPS) is 10.3. The zero-order valence-corrected chi connectivity index (χ0v) is 14.2. The highest BCUT2D eigenvalue weighted by molar-refractivity contribution is 9.10. The predicted octanol–water partition coefficient (Wildman–Crippen LogP) is 4.10. The largest absolute Gasteiger partial charge is 0.489 e. The fourth-order valence-corrected chi connectivity index (χ4v) is 2.47. The van der Waals surface area contributed by atoms with Gasteiger partial charge in [-0.2, -0.15) is 0 Å². The summed E-state index contributed by atoms with van der Waals surface area (Å²) in [5.74, 6) is 0.767.